The maximum absolute atomic E-state index is 13.1. The molecule has 0 radical (unpaired) electrons. The van der Waals surface area contributed by atoms with Crippen molar-refractivity contribution >= 4 is 22.0 Å². The molecule has 0 aliphatic rings. The molecule has 1 N–H and O–H groups in total. The first-order valence-electron chi connectivity index (χ1n) is 8.24. The Morgan fingerprint density at radius 3 is 2.29 bits per heavy atom. The number of alkyl halides is 6. The smallest absolute Gasteiger partial charge is 0.326 e. The predicted molar refractivity (Wildman–Crippen MR) is 93.8 cm³/mol. The van der Waals surface area contributed by atoms with Crippen molar-refractivity contribution in [3.63, 3.8) is 0 Å². The lowest BCUT2D eigenvalue weighted by Gasteiger charge is -2.31. The van der Waals surface area contributed by atoms with Gasteiger partial charge in [0.15, 0.2) is 0 Å². The topological polar surface area (TPSA) is 54.3 Å². The highest BCUT2D eigenvalue weighted by atomic mass is 79.9. The molecule has 0 aliphatic carbocycles. The molecule has 2 atom stereocenters. The Hall–Kier alpha value is -1.72. The Morgan fingerprint density at radius 1 is 1.29 bits per heavy atom. The summed E-state index contributed by atoms with van der Waals surface area (Å²) in [6.07, 6.45) is -11.3. The summed E-state index contributed by atoms with van der Waals surface area (Å²) in [5.41, 5.74) is 0.123. The summed E-state index contributed by atoms with van der Waals surface area (Å²) in [5.74, 6) is 0. The molecular formula is C16H20BrF6N3O2. The molecule has 0 fully saturated rings. The highest BCUT2D eigenvalue weighted by Crippen LogP contribution is 2.29. The average Bonchev–Trinajstić information content (AvgIpc) is 2.54. The molecule has 5 nitrogen and oxygen atoms in total. The van der Waals surface area contributed by atoms with Crippen LogP contribution in [0.4, 0.5) is 31.1 Å². The number of halogens is 7. The maximum atomic E-state index is 13.1. The van der Waals surface area contributed by atoms with Crippen LogP contribution < -0.4 is 10.9 Å². The molecule has 28 heavy (non-hydrogen) atoms. The van der Waals surface area contributed by atoms with E-state index < -0.39 is 43.3 Å². The van der Waals surface area contributed by atoms with E-state index in [1.807, 2.05) is 0 Å². The normalized spacial score (nSPS) is 14.5. The van der Waals surface area contributed by atoms with E-state index in [2.05, 4.69) is 15.9 Å². The van der Waals surface area contributed by atoms with E-state index in [1.165, 1.54) is 37.7 Å². The van der Waals surface area contributed by atoms with Gasteiger partial charge in [-0.2, -0.15) is 26.3 Å². The molecular weight excluding hydrogens is 460 g/mol. The van der Waals surface area contributed by atoms with Gasteiger partial charge in [0.1, 0.15) is 6.04 Å². The molecule has 0 saturated carbocycles. The highest BCUT2D eigenvalue weighted by molar-refractivity contribution is 9.10. The number of nitrogens with one attached hydrogen (secondary N) is 1. The van der Waals surface area contributed by atoms with Crippen LogP contribution in [0.5, 0.6) is 0 Å². The van der Waals surface area contributed by atoms with Crippen molar-refractivity contribution in [2.75, 3.05) is 6.54 Å². The maximum Gasteiger partial charge on any atom is 0.408 e. The molecule has 12 heteroatoms. The summed E-state index contributed by atoms with van der Waals surface area (Å²) >= 11 is 3.07. The number of rotatable bonds is 6. The molecule has 0 bridgehead atoms. The fourth-order valence-corrected chi connectivity index (χ4v) is 3.10. The Bertz CT molecular complexity index is 721. The van der Waals surface area contributed by atoms with Gasteiger partial charge in [0.2, 0.25) is 0 Å². The van der Waals surface area contributed by atoms with Crippen LogP contribution in [0.2, 0.25) is 0 Å². The van der Waals surface area contributed by atoms with Crippen molar-refractivity contribution in [1.82, 2.24) is 14.8 Å². The van der Waals surface area contributed by atoms with E-state index in [0.29, 0.717) is 5.56 Å². The fourth-order valence-electron chi connectivity index (χ4n) is 2.56. The summed E-state index contributed by atoms with van der Waals surface area (Å²) in [7, 11) is 1.47. The molecule has 0 spiro atoms. The highest BCUT2D eigenvalue weighted by Gasteiger charge is 2.43. The number of pyridine rings is 1. The van der Waals surface area contributed by atoms with Crippen molar-refractivity contribution in [2.45, 2.75) is 51.1 Å². The van der Waals surface area contributed by atoms with Crippen LogP contribution in [-0.2, 0) is 7.05 Å². The van der Waals surface area contributed by atoms with Gasteiger partial charge in [-0.05, 0) is 47.8 Å². The van der Waals surface area contributed by atoms with Crippen LogP contribution >= 0.6 is 15.9 Å². The monoisotopic (exact) mass is 479 g/mol. The Kier molecular flexibility index (Phi) is 7.98. The van der Waals surface area contributed by atoms with Gasteiger partial charge in [0, 0.05) is 26.2 Å². The van der Waals surface area contributed by atoms with Gasteiger partial charge in [-0.15, -0.1) is 0 Å². The van der Waals surface area contributed by atoms with Crippen molar-refractivity contribution in [2.24, 2.45) is 7.05 Å². The quantitative estimate of drug-likeness (QED) is 0.610. The largest absolute Gasteiger partial charge is 0.408 e. The third kappa shape index (κ3) is 6.71. The Labute approximate surface area is 165 Å². The summed E-state index contributed by atoms with van der Waals surface area (Å²) in [5, 5.41) is 1.65. The number of aryl methyl sites for hydroxylation is 1. The van der Waals surface area contributed by atoms with Crippen LogP contribution in [0.25, 0.3) is 0 Å². The summed E-state index contributed by atoms with van der Waals surface area (Å²) < 4.78 is 77.5. The zero-order chi connectivity index (χ0) is 21.9. The second-order valence-electron chi connectivity index (χ2n) is 6.20. The van der Waals surface area contributed by atoms with Crippen LogP contribution in [0.1, 0.15) is 38.3 Å². The fraction of sp³-hybridized carbons (Fsp3) is 0.625. The first kappa shape index (κ1) is 24.3. The van der Waals surface area contributed by atoms with Gasteiger partial charge in [-0.3, -0.25) is 4.79 Å². The standard InChI is InChI=1S/C16H20BrF6N3O2/c1-4-26(9(2)10-7-11(17)13(27)25(3)8-10)14(28)24-12(16(21,22)23)5-6-15(18,19)20/h7-9,12H,4-6H2,1-3H3,(H,24,28)/t9-,12+/m1/s1. The molecule has 160 valence electrons. The summed E-state index contributed by atoms with van der Waals surface area (Å²) in [6.45, 7) is 3.05. The number of nitrogens with zero attached hydrogens (tertiary/aromatic N) is 2. The van der Waals surface area contributed by atoms with Gasteiger partial charge >= 0.3 is 18.4 Å². The van der Waals surface area contributed by atoms with Crippen LogP contribution in [0.15, 0.2) is 21.5 Å². The minimum atomic E-state index is -5.02. The van der Waals surface area contributed by atoms with Crippen LogP contribution in [-0.4, -0.2) is 40.4 Å². The van der Waals surface area contributed by atoms with Crippen LogP contribution in [0.3, 0.4) is 0 Å². The minimum Gasteiger partial charge on any atom is -0.326 e. The second-order valence-corrected chi connectivity index (χ2v) is 7.05. The van der Waals surface area contributed by atoms with Gasteiger partial charge in [0.25, 0.3) is 5.56 Å². The molecule has 2 amide bonds. The van der Waals surface area contributed by atoms with E-state index in [9.17, 15) is 35.9 Å². The number of carbonyl (C=O) groups is 1. The van der Waals surface area contributed by atoms with Crippen molar-refractivity contribution in [3.05, 3.63) is 32.7 Å². The molecule has 0 unspecified atom stereocenters. The van der Waals surface area contributed by atoms with Crippen molar-refractivity contribution < 1.29 is 31.1 Å². The molecule has 1 aromatic rings. The average molecular weight is 480 g/mol. The first-order valence-corrected chi connectivity index (χ1v) is 9.03. The molecule has 0 aliphatic heterocycles. The predicted octanol–water partition coefficient (Wildman–Crippen LogP) is 4.51. The number of urea groups is 1. The van der Waals surface area contributed by atoms with Gasteiger partial charge in [0.05, 0.1) is 10.5 Å². The lowest BCUT2D eigenvalue weighted by atomic mass is 10.1. The SMILES string of the molecule is CCN(C(=O)N[C@@H](CCC(F)(F)F)C(F)(F)F)[C@H](C)c1cc(Br)c(=O)n(C)c1. The first-order chi connectivity index (χ1) is 12.7. The second kappa shape index (κ2) is 9.19. The Balaban J connectivity index is 3.03. The van der Waals surface area contributed by atoms with Crippen molar-refractivity contribution in [3.8, 4) is 0 Å². The van der Waals surface area contributed by atoms with E-state index in [0.717, 1.165) is 4.90 Å². The molecule has 0 saturated heterocycles. The minimum absolute atomic E-state index is 0.00267. The van der Waals surface area contributed by atoms with Gasteiger partial charge < -0.3 is 14.8 Å². The molecule has 1 heterocycles. The number of aromatic nitrogens is 1. The zero-order valence-electron chi connectivity index (χ0n) is 15.3. The third-order valence-electron chi connectivity index (χ3n) is 4.12. The van der Waals surface area contributed by atoms with Crippen molar-refractivity contribution in [1.29, 1.82) is 0 Å². The van der Waals surface area contributed by atoms with E-state index in [4.69, 9.17) is 0 Å². The summed E-state index contributed by atoms with van der Waals surface area (Å²) in [6, 6.07) is -3.07. The lowest BCUT2D eigenvalue weighted by Crippen LogP contribution is -2.51. The van der Waals surface area contributed by atoms with Gasteiger partial charge in [-0.25, -0.2) is 4.79 Å². The van der Waals surface area contributed by atoms with E-state index in [-0.39, 0.29) is 16.6 Å². The zero-order valence-corrected chi connectivity index (χ0v) is 16.9. The Morgan fingerprint density at radius 2 is 1.86 bits per heavy atom. The number of hydrogen-bond donors (Lipinski definition) is 1. The lowest BCUT2D eigenvalue weighted by molar-refractivity contribution is -0.171. The molecule has 0 aromatic carbocycles. The summed E-state index contributed by atoms with van der Waals surface area (Å²) in [4.78, 5) is 25.1. The molecule has 1 rings (SSSR count). The third-order valence-corrected chi connectivity index (χ3v) is 4.69. The van der Waals surface area contributed by atoms with E-state index >= 15 is 0 Å². The number of amides is 2. The van der Waals surface area contributed by atoms with E-state index in [1.54, 1.807) is 5.32 Å². The number of carbonyl (C=O) groups excluding carboxylic acids is 1. The van der Waals surface area contributed by atoms with Crippen LogP contribution in [0, 0.1) is 0 Å². The molecule has 1 aromatic heterocycles. The number of hydrogen-bond acceptors (Lipinski definition) is 2. The van der Waals surface area contributed by atoms with Gasteiger partial charge in [-0.1, -0.05) is 0 Å².